The zero-order chi connectivity index (χ0) is 22.5. The molecule has 2 unspecified atom stereocenters. The molecule has 1 aliphatic carbocycles. The molecule has 2 atom stereocenters. The van der Waals surface area contributed by atoms with Gasteiger partial charge >= 0.3 is 0 Å². The number of nitrogens with two attached hydrogens (primary N) is 1. The van der Waals surface area contributed by atoms with Crippen LogP contribution in [0.2, 0.25) is 0 Å². The average Bonchev–Trinajstić information content (AvgIpc) is 3.32. The molecule has 6 nitrogen and oxygen atoms in total. The van der Waals surface area contributed by atoms with Crippen molar-refractivity contribution in [3.05, 3.63) is 54.1 Å². The number of nitrogens with zero attached hydrogens (tertiary/aromatic N) is 2. The first kappa shape index (κ1) is 22.5. The van der Waals surface area contributed by atoms with Gasteiger partial charge < -0.3 is 20.1 Å². The van der Waals surface area contributed by atoms with E-state index < -0.39 is 0 Å². The monoisotopic (exact) mass is 437 g/mol. The van der Waals surface area contributed by atoms with Crippen molar-refractivity contribution in [3.8, 4) is 11.5 Å². The number of piperazine rings is 1. The van der Waals surface area contributed by atoms with Crippen LogP contribution in [0.1, 0.15) is 38.2 Å². The van der Waals surface area contributed by atoms with Crippen LogP contribution in [0.25, 0.3) is 0 Å². The van der Waals surface area contributed by atoms with E-state index in [-0.39, 0.29) is 24.1 Å². The summed E-state index contributed by atoms with van der Waals surface area (Å²) in [7, 11) is 1.69. The highest BCUT2D eigenvalue weighted by atomic mass is 16.5. The summed E-state index contributed by atoms with van der Waals surface area (Å²) < 4.78 is 11.9. The second-order valence-electron chi connectivity index (χ2n) is 8.97. The van der Waals surface area contributed by atoms with Crippen LogP contribution in [0.5, 0.6) is 11.5 Å². The van der Waals surface area contributed by atoms with Gasteiger partial charge in [0.05, 0.1) is 19.3 Å². The molecule has 1 amide bonds. The smallest absolute Gasteiger partial charge is 0.234 e. The minimum atomic E-state index is -0.289. The number of ether oxygens (including phenoxy) is 2. The van der Waals surface area contributed by atoms with E-state index in [4.69, 9.17) is 15.2 Å². The topological polar surface area (TPSA) is 68.0 Å². The summed E-state index contributed by atoms with van der Waals surface area (Å²) in [5.74, 6) is 1.33. The normalized spacial score (nSPS) is 20.8. The van der Waals surface area contributed by atoms with Crippen LogP contribution in [0.15, 0.2) is 48.5 Å². The first-order chi connectivity index (χ1) is 15.5. The maximum absolute atomic E-state index is 12.0. The summed E-state index contributed by atoms with van der Waals surface area (Å²) in [6.45, 7) is 4.35. The van der Waals surface area contributed by atoms with Gasteiger partial charge in [-0.3, -0.25) is 9.69 Å². The third-order valence-corrected chi connectivity index (χ3v) is 6.86. The lowest BCUT2D eigenvalue weighted by Gasteiger charge is -2.44. The van der Waals surface area contributed by atoms with E-state index in [9.17, 15) is 4.79 Å². The van der Waals surface area contributed by atoms with Gasteiger partial charge in [-0.25, -0.2) is 0 Å². The van der Waals surface area contributed by atoms with Crippen molar-refractivity contribution in [2.45, 2.75) is 57.2 Å². The number of rotatable bonds is 8. The Hall–Kier alpha value is -2.73. The van der Waals surface area contributed by atoms with Crippen LogP contribution in [0.3, 0.4) is 0 Å². The predicted molar refractivity (Wildman–Crippen MR) is 127 cm³/mol. The summed E-state index contributed by atoms with van der Waals surface area (Å²) in [5.41, 5.74) is 8.07. The molecule has 1 aliphatic heterocycles. The van der Waals surface area contributed by atoms with Gasteiger partial charge in [0.25, 0.3) is 0 Å². The molecule has 2 aromatic carbocycles. The number of methoxy groups -OCH3 is 1. The van der Waals surface area contributed by atoms with Crippen LogP contribution in [0.4, 0.5) is 5.69 Å². The number of hydrogen-bond donors (Lipinski definition) is 1. The Morgan fingerprint density at radius 2 is 1.84 bits per heavy atom. The highest BCUT2D eigenvalue weighted by Crippen LogP contribution is 2.36. The number of hydrogen-bond acceptors (Lipinski definition) is 5. The molecule has 0 spiro atoms. The Kier molecular flexibility index (Phi) is 7.20. The zero-order valence-corrected chi connectivity index (χ0v) is 19.2. The lowest BCUT2D eigenvalue weighted by molar-refractivity contribution is -0.123. The molecule has 2 aliphatic rings. The number of benzene rings is 2. The van der Waals surface area contributed by atoms with Gasteiger partial charge in [-0.1, -0.05) is 30.3 Å². The molecule has 0 bridgehead atoms. The van der Waals surface area contributed by atoms with Gasteiger partial charge in [0.1, 0.15) is 0 Å². The molecule has 1 heterocycles. The second kappa shape index (κ2) is 10.3. The van der Waals surface area contributed by atoms with E-state index in [1.807, 2.05) is 19.1 Å². The standard InChI is InChI=1S/C26H35N3O3/c1-19(26(27)30)29-15-14-28(18-22(29)16-20-8-4-3-5-9-20)21-12-13-24(31-2)25(17-21)32-23-10-6-7-11-23/h3-5,8-9,12-13,17,19,22-23H,6-7,10-11,14-16,18H2,1-2H3,(H2,27,30). The van der Waals surface area contributed by atoms with Crippen LogP contribution in [0, 0.1) is 0 Å². The van der Waals surface area contributed by atoms with Crippen molar-refractivity contribution in [3.63, 3.8) is 0 Å². The molecule has 6 heteroatoms. The molecule has 4 rings (SSSR count). The van der Waals surface area contributed by atoms with Crippen molar-refractivity contribution < 1.29 is 14.3 Å². The molecular formula is C26H35N3O3. The lowest BCUT2D eigenvalue weighted by atomic mass is 9.99. The number of anilines is 1. The van der Waals surface area contributed by atoms with E-state index in [1.165, 1.54) is 18.4 Å². The summed E-state index contributed by atoms with van der Waals surface area (Å²) in [6, 6.07) is 16.6. The molecule has 172 valence electrons. The highest BCUT2D eigenvalue weighted by Gasteiger charge is 2.33. The lowest BCUT2D eigenvalue weighted by Crippen LogP contribution is -2.59. The minimum absolute atomic E-state index is 0.190. The average molecular weight is 438 g/mol. The molecule has 2 N–H and O–H groups in total. The van der Waals surface area contributed by atoms with Gasteiger partial charge in [0, 0.05) is 37.4 Å². The van der Waals surface area contributed by atoms with Gasteiger partial charge in [-0.05, 0) is 56.7 Å². The van der Waals surface area contributed by atoms with E-state index in [0.717, 1.165) is 56.1 Å². The molecule has 0 aromatic heterocycles. The van der Waals surface area contributed by atoms with Gasteiger partial charge in [-0.15, -0.1) is 0 Å². The number of primary amides is 1. The molecular weight excluding hydrogens is 402 g/mol. The molecule has 2 fully saturated rings. The molecule has 2 aromatic rings. The van der Waals surface area contributed by atoms with E-state index >= 15 is 0 Å². The van der Waals surface area contributed by atoms with E-state index in [2.05, 4.69) is 46.2 Å². The Morgan fingerprint density at radius 1 is 1.09 bits per heavy atom. The number of carbonyl (C=O) groups is 1. The predicted octanol–water partition coefficient (Wildman–Crippen LogP) is 3.62. The van der Waals surface area contributed by atoms with Crippen molar-refractivity contribution in [2.75, 3.05) is 31.6 Å². The maximum atomic E-state index is 12.0. The Labute approximate surface area is 191 Å². The SMILES string of the molecule is COc1ccc(N2CCN(C(C)C(N)=O)C(Cc3ccccc3)C2)cc1OC1CCCC1. The fraction of sp³-hybridized carbons (Fsp3) is 0.500. The van der Waals surface area contributed by atoms with Crippen LogP contribution >= 0.6 is 0 Å². The van der Waals surface area contributed by atoms with Gasteiger partial charge in [0.2, 0.25) is 5.91 Å². The zero-order valence-electron chi connectivity index (χ0n) is 19.2. The molecule has 1 saturated heterocycles. The van der Waals surface area contributed by atoms with Gasteiger partial charge in [-0.2, -0.15) is 0 Å². The molecule has 0 radical (unpaired) electrons. The Morgan fingerprint density at radius 3 is 2.53 bits per heavy atom. The Bertz CT molecular complexity index is 898. The third-order valence-electron chi connectivity index (χ3n) is 6.86. The number of amides is 1. The summed E-state index contributed by atoms with van der Waals surface area (Å²) in [6.07, 6.45) is 5.82. The van der Waals surface area contributed by atoms with Crippen molar-refractivity contribution in [2.24, 2.45) is 5.73 Å². The minimum Gasteiger partial charge on any atom is -0.493 e. The summed E-state index contributed by atoms with van der Waals surface area (Å²) in [4.78, 5) is 16.6. The van der Waals surface area contributed by atoms with Crippen molar-refractivity contribution in [1.82, 2.24) is 4.90 Å². The van der Waals surface area contributed by atoms with Crippen LogP contribution in [-0.2, 0) is 11.2 Å². The first-order valence-corrected chi connectivity index (χ1v) is 11.7. The number of carbonyl (C=O) groups excluding carboxylic acids is 1. The van der Waals surface area contributed by atoms with Crippen molar-refractivity contribution >= 4 is 11.6 Å². The fourth-order valence-electron chi connectivity index (χ4n) is 4.99. The van der Waals surface area contributed by atoms with Crippen LogP contribution in [-0.4, -0.2) is 55.7 Å². The first-order valence-electron chi connectivity index (χ1n) is 11.7. The quantitative estimate of drug-likeness (QED) is 0.683. The molecule has 32 heavy (non-hydrogen) atoms. The van der Waals surface area contributed by atoms with Crippen LogP contribution < -0.4 is 20.1 Å². The largest absolute Gasteiger partial charge is 0.493 e. The summed E-state index contributed by atoms with van der Waals surface area (Å²) >= 11 is 0. The fourth-order valence-corrected chi connectivity index (χ4v) is 4.99. The molecule has 1 saturated carbocycles. The second-order valence-corrected chi connectivity index (χ2v) is 8.97. The highest BCUT2D eigenvalue weighted by molar-refractivity contribution is 5.79. The maximum Gasteiger partial charge on any atom is 0.234 e. The van der Waals surface area contributed by atoms with E-state index in [1.54, 1.807) is 7.11 Å². The Balaban J connectivity index is 1.55. The van der Waals surface area contributed by atoms with Crippen molar-refractivity contribution in [1.29, 1.82) is 0 Å². The van der Waals surface area contributed by atoms with Gasteiger partial charge in [0.15, 0.2) is 11.5 Å². The third kappa shape index (κ3) is 5.18. The van der Waals surface area contributed by atoms with E-state index in [0.29, 0.717) is 0 Å². The summed E-state index contributed by atoms with van der Waals surface area (Å²) in [5, 5.41) is 0.